The molecule has 0 spiro atoms. The van der Waals surface area contributed by atoms with Crippen molar-refractivity contribution in [3.8, 4) is 12.3 Å². The summed E-state index contributed by atoms with van der Waals surface area (Å²) in [6.07, 6.45) is 4.29. The smallest absolute Gasteiger partial charge is 0.402 e. The van der Waals surface area contributed by atoms with Crippen LogP contribution in [0.4, 0.5) is 4.79 Å². The van der Waals surface area contributed by atoms with Crippen LogP contribution in [-0.2, 0) is 0 Å². The molecule has 0 rings (SSSR count). The summed E-state index contributed by atoms with van der Waals surface area (Å²) in [6.45, 7) is 1.94. The fraction of sp³-hybridized carbons (Fsp3) is 0.400. The Kier molecular flexibility index (Phi) is 11.5. The fourth-order valence-electron chi connectivity index (χ4n) is 0. The maximum Gasteiger partial charge on any atom is 0.402 e. The molecule has 0 saturated carbocycles. The molecule has 0 unspecified atom stereocenters. The number of amides is 1. The van der Waals surface area contributed by atoms with Crippen molar-refractivity contribution in [3.05, 3.63) is 0 Å². The molecular formula is C5H9NO2. The van der Waals surface area contributed by atoms with Gasteiger partial charge in [0.1, 0.15) is 0 Å². The molecule has 0 aliphatic carbocycles. The van der Waals surface area contributed by atoms with Crippen molar-refractivity contribution in [1.82, 2.24) is 0 Å². The summed E-state index contributed by atoms with van der Waals surface area (Å²) < 4.78 is 0. The summed E-state index contributed by atoms with van der Waals surface area (Å²) in [5.41, 5.74) is 4.03. The lowest BCUT2D eigenvalue weighted by Crippen LogP contribution is -2.03. The lowest BCUT2D eigenvalue weighted by molar-refractivity contribution is 0.205. The van der Waals surface area contributed by atoms with Gasteiger partial charge in [0.15, 0.2) is 0 Å². The molecule has 0 radical (unpaired) electrons. The first kappa shape index (κ1) is 9.95. The molecule has 1 amide bonds. The predicted molar refractivity (Wildman–Crippen MR) is 31.3 cm³/mol. The number of hydrogen-bond acceptors (Lipinski definition) is 1. The molecule has 3 nitrogen and oxygen atoms in total. The lowest BCUT2D eigenvalue weighted by Gasteiger charge is -1.61. The number of hydrogen-bond donors (Lipinski definition) is 2. The van der Waals surface area contributed by atoms with Crippen molar-refractivity contribution in [1.29, 1.82) is 0 Å². The Morgan fingerprint density at radius 1 is 2.00 bits per heavy atom. The second kappa shape index (κ2) is 9.27. The van der Waals surface area contributed by atoms with Crippen molar-refractivity contribution >= 4 is 6.09 Å². The van der Waals surface area contributed by atoms with Gasteiger partial charge in [0, 0.05) is 6.42 Å². The number of carboxylic acid groups (broad SMARTS) is 1. The molecule has 0 aromatic rings. The van der Waals surface area contributed by atoms with Crippen molar-refractivity contribution in [3.63, 3.8) is 0 Å². The van der Waals surface area contributed by atoms with Gasteiger partial charge in [-0.15, -0.1) is 12.3 Å². The van der Waals surface area contributed by atoms with Crippen LogP contribution in [0.5, 0.6) is 0 Å². The highest BCUT2D eigenvalue weighted by Crippen LogP contribution is 1.58. The zero-order valence-corrected chi connectivity index (χ0v) is 4.72. The minimum absolute atomic E-state index is 0.847. The zero-order valence-electron chi connectivity index (χ0n) is 4.72. The van der Waals surface area contributed by atoms with Gasteiger partial charge < -0.3 is 10.8 Å². The average molecular weight is 115 g/mol. The Hall–Kier alpha value is -1.17. The van der Waals surface area contributed by atoms with Crippen LogP contribution in [0, 0.1) is 12.3 Å². The summed E-state index contributed by atoms with van der Waals surface area (Å²) >= 11 is 0. The van der Waals surface area contributed by atoms with Gasteiger partial charge in [-0.3, -0.25) is 0 Å². The first-order valence-corrected chi connectivity index (χ1v) is 2.07. The number of terminal acetylenes is 1. The first-order valence-electron chi connectivity index (χ1n) is 2.07. The van der Waals surface area contributed by atoms with Crippen LogP contribution in [0.25, 0.3) is 0 Å². The van der Waals surface area contributed by atoms with Crippen LogP contribution >= 0.6 is 0 Å². The monoisotopic (exact) mass is 115 g/mol. The summed E-state index contributed by atoms with van der Waals surface area (Å²) in [6, 6.07) is 0. The largest absolute Gasteiger partial charge is 0.465 e. The van der Waals surface area contributed by atoms with Crippen LogP contribution < -0.4 is 5.73 Å². The van der Waals surface area contributed by atoms with Crippen LogP contribution in [0.2, 0.25) is 0 Å². The normalized spacial score (nSPS) is 5.50. The van der Waals surface area contributed by atoms with E-state index in [0.717, 1.165) is 6.42 Å². The van der Waals surface area contributed by atoms with Crippen LogP contribution in [0.3, 0.4) is 0 Å². The zero-order chi connectivity index (χ0) is 6.99. The van der Waals surface area contributed by atoms with Gasteiger partial charge in [0.05, 0.1) is 0 Å². The summed E-state index contributed by atoms with van der Waals surface area (Å²) in [4.78, 5) is 8.78. The molecule has 0 heterocycles. The first-order chi connectivity index (χ1) is 3.65. The van der Waals surface area contributed by atoms with Gasteiger partial charge >= 0.3 is 6.09 Å². The van der Waals surface area contributed by atoms with Crippen molar-refractivity contribution in [2.75, 3.05) is 0 Å². The highest BCUT2D eigenvalue weighted by Gasteiger charge is 1.65. The van der Waals surface area contributed by atoms with E-state index in [0.29, 0.717) is 0 Å². The molecular weight excluding hydrogens is 106 g/mol. The molecule has 0 aliphatic rings. The molecule has 3 heteroatoms. The van der Waals surface area contributed by atoms with E-state index in [1.165, 1.54) is 0 Å². The summed E-state index contributed by atoms with van der Waals surface area (Å²) in [7, 11) is 0. The number of nitrogens with two attached hydrogens (primary N) is 1. The molecule has 0 atom stereocenters. The average Bonchev–Trinajstić information content (AvgIpc) is 1.65. The summed E-state index contributed by atoms with van der Waals surface area (Å²) in [5.74, 6) is 2.43. The van der Waals surface area contributed by atoms with Gasteiger partial charge in [-0.1, -0.05) is 6.92 Å². The van der Waals surface area contributed by atoms with Crippen molar-refractivity contribution in [2.45, 2.75) is 13.3 Å². The molecule has 0 saturated heterocycles. The highest BCUT2D eigenvalue weighted by atomic mass is 16.4. The van der Waals surface area contributed by atoms with E-state index in [9.17, 15) is 0 Å². The van der Waals surface area contributed by atoms with E-state index in [1.54, 1.807) is 0 Å². The molecule has 0 aromatic heterocycles. The molecule has 0 aliphatic heterocycles. The van der Waals surface area contributed by atoms with Gasteiger partial charge in [-0.25, -0.2) is 4.79 Å². The van der Waals surface area contributed by atoms with E-state index in [2.05, 4.69) is 11.7 Å². The van der Waals surface area contributed by atoms with Crippen LogP contribution in [0.15, 0.2) is 0 Å². The third-order valence-corrected chi connectivity index (χ3v) is 0.204. The third-order valence-electron chi connectivity index (χ3n) is 0.204. The molecule has 46 valence electrons. The van der Waals surface area contributed by atoms with E-state index in [1.807, 2.05) is 6.92 Å². The standard InChI is InChI=1S/C4H6.CH3NO2/c1-3-4-2;2-1(3)4/h1H,4H2,2H3;2H2,(H,3,4). The molecule has 0 aromatic carbocycles. The maximum absolute atomic E-state index is 8.78. The third kappa shape index (κ3) is 2450. The Morgan fingerprint density at radius 3 is 2.12 bits per heavy atom. The minimum Gasteiger partial charge on any atom is -0.465 e. The maximum atomic E-state index is 8.78. The highest BCUT2D eigenvalue weighted by molar-refractivity contribution is 5.61. The predicted octanol–water partition coefficient (Wildman–Crippen LogP) is 0.653. The van der Waals surface area contributed by atoms with E-state index >= 15 is 0 Å². The molecule has 0 bridgehead atoms. The van der Waals surface area contributed by atoms with Gasteiger partial charge in [0.2, 0.25) is 0 Å². The lowest BCUT2D eigenvalue weighted by atomic mass is 10.5. The quantitative estimate of drug-likeness (QED) is 0.455. The van der Waals surface area contributed by atoms with Gasteiger partial charge in [0.25, 0.3) is 0 Å². The molecule has 8 heavy (non-hydrogen) atoms. The van der Waals surface area contributed by atoms with Crippen LogP contribution in [-0.4, -0.2) is 11.2 Å². The second-order valence-corrected chi connectivity index (χ2v) is 0.896. The number of rotatable bonds is 0. The van der Waals surface area contributed by atoms with Gasteiger partial charge in [-0.05, 0) is 0 Å². The van der Waals surface area contributed by atoms with Crippen molar-refractivity contribution in [2.24, 2.45) is 5.73 Å². The van der Waals surface area contributed by atoms with E-state index in [4.69, 9.17) is 16.3 Å². The minimum atomic E-state index is -1.33. The Labute approximate surface area is 48.5 Å². The fourth-order valence-corrected chi connectivity index (χ4v) is 0. The number of carbonyl (C=O) groups is 1. The second-order valence-electron chi connectivity index (χ2n) is 0.896. The SMILES string of the molecule is C#CCC.NC(=O)O. The molecule has 0 fully saturated rings. The number of primary amides is 1. The Morgan fingerprint density at radius 2 is 2.12 bits per heavy atom. The van der Waals surface area contributed by atoms with Crippen molar-refractivity contribution < 1.29 is 9.90 Å². The van der Waals surface area contributed by atoms with E-state index < -0.39 is 6.09 Å². The summed E-state index contributed by atoms with van der Waals surface area (Å²) in [5, 5.41) is 7.19. The Bertz CT molecular complexity index is 89.1. The Balaban J connectivity index is 0. The topological polar surface area (TPSA) is 63.3 Å². The molecule has 3 N–H and O–H groups in total. The van der Waals surface area contributed by atoms with Crippen LogP contribution in [0.1, 0.15) is 13.3 Å². The van der Waals surface area contributed by atoms with E-state index in [-0.39, 0.29) is 0 Å². The van der Waals surface area contributed by atoms with Gasteiger partial charge in [-0.2, -0.15) is 0 Å².